The van der Waals surface area contributed by atoms with E-state index >= 15 is 0 Å². The van der Waals surface area contributed by atoms with Crippen LogP contribution in [-0.4, -0.2) is 31.4 Å². The summed E-state index contributed by atoms with van der Waals surface area (Å²) in [4.78, 5) is 0. The SMILES string of the molecule is COCCCOc1ccc(/C(N)=N/O)c(Br)c1. The van der Waals surface area contributed by atoms with E-state index in [-0.39, 0.29) is 5.84 Å². The standard InChI is InChI=1S/C11H15BrN2O3/c1-16-5-2-6-17-8-3-4-9(10(12)7-8)11(13)14-15/h3-4,7,15H,2,5-6H2,1H3,(H2,13,14). The molecule has 0 amide bonds. The highest BCUT2D eigenvalue weighted by Crippen LogP contribution is 2.23. The van der Waals surface area contributed by atoms with Gasteiger partial charge < -0.3 is 20.4 Å². The quantitative estimate of drug-likeness (QED) is 0.277. The van der Waals surface area contributed by atoms with Crippen LogP contribution in [0.4, 0.5) is 0 Å². The Bertz CT molecular complexity index is 396. The summed E-state index contributed by atoms with van der Waals surface area (Å²) < 4.78 is 11.1. The molecule has 1 rings (SSSR count). The Morgan fingerprint density at radius 3 is 2.82 bits per heavy atom. The zero-order valence-electron chi connectivity index (χ0n) is 9.52. The van der Waals surface area contributed by atoms with Gasteiger partial charge in [-0.15, -0.1) is 0 Å². The number of rotatable bonds is 6. The van der Waals surface area contributed by atoms with Gasteiger partial charge in [0.1, 0.15) is 5.75 Å². The van der Waals surface area contributed by atoms with Crippen LogP contribution in [0, 0.1) is 0 Å². The molecule has 0 aromatic heterocycles. The Morgan fingerprint density at radius 1 is 1.47 bits per heavy atom. The smallest absolute Gasteiger partial charge is 0.171 e. The van der Waals surface area contributed by atoms with Crippen LogP contribution in [0.3, 0.4) is 0 Å². The normalized spacial score (nSPS) is 11.5. The van der Waals surface area contributed by atoms with E-state index < -0.39 is 0 Å². The highest BCUT2D eigenvalue weighted by Gasteiger charge is 2.06. The van der Waals surface area contributed by atoms with E-state index in [1.807, 2.05) is 0 Å². The minimum absolute atomic E-state index is 0.0582. The minimum Gasteiger partial charge on any atom is -0.493 e. The molecular formula is C11H15BrN2O3. The van der Waals surface area contributed by atoms with Crippen molar-refractivity contribution in [1.82, 2.24) is 0 Å². The molecule has 0 aliphatic rings. The van der Waals surface area contributed by atoms with E-state index in [2.05, 4.69) is 21.1 Å². The number of oxime groups is 1. The van der Waals surface area contributed by atoms with E-state index in [0.29, 0.717) is 18.8 Å². The van der Waals surface area contributed by atoms with Crippen LogP contribution in [0.15, 0.2) is 27.8 Å². The summed E-state index contributed by atoms with van der Waals surface area (Å²) in [7, 11) is 1.66. The number of hydrogen-bond acceptors (Lipinski definition) is 4. The van der Waals surface area contributed by atoms with Crippen molar-refractivity contribution in [2.75, 3.05) is 20.3 Å². The zero-order chi connectivity index (χ0) is 12.7. The van der Waals surface area contributed by atoms with Crippen LogP contribution in [-0.2, 0) is 4.74 Å². The van der Waals surface area contributed by atoms with Gasteiger partial charge in [0.2, 0.25) is 0 Å². The number of benzene rings is 1. The monoisotopic (exact) mass is 302 g/mol. The lowest BCUT2D eigenvalue weighted by Crippen LogP contribution is -2.13. The lowest BCUT2D eigenvalue weighted by molar-refractivity contribution is 0.172. The summed E-state index contributed by atoms with van der Waals surface area (Å²) in [5, 5.41) is 11.5. The summed E-state index contributed by atoms with van der Waals surface area (Å²) in [6, 6.07) is 5.27. The van der Waals surface area contributed by atoms with Gasteiger partial charge >= 0.3 is 0 Å². The van der Waals surface area contributed by atoms with Gasteiger partial charge in [0.15, 0.2) is 5.84 Å². The fourth-order valence-corrected chi connectivity index (χ4v) is 1.80. The average molecular weight is 303 g/mol. The molecule has 17 heavy (non-hydrogen) atoms. The largest absolute Gasteiger partial charge is 0.493 e. The minimum atomic E-state index is 0.0582. The number of methoxy groups -OCH3 is 1. The first-order valence-corrected chi connectivity index (χ1v) is 5.87. The van der Waals surface area contributed by atoms with Gasteiger partial charge in [-0.2, -0.15) is 0 Å². The van der Waals surface area contributed by atoms with Crippen molar-refractivity contribution in [1.29, 1.82) is 0 Å². The fraction of sp³-hybridized carbons (Fsp3) is 0.364. The third kappa shape index (κ3) is 4.24. The van der Waals surface area contributed by atoms with Crippen molar-refractivity contribution in [2.24, 2.45) is 10.9 Å². The average Bonchev–Trinajstić information content (AvgIpc) is 2.34. The van der Waals surface area contributed by atoms with Crippen LogP contribution < -0.4 is 10.5 Å². The lowest BCUT2D eigenvalue weighted by Gasteiger charge is -2.08. The molecule has 3 N–H and O–H groups in total. The second-order valence-electron chi connectivity index (χ2n) is 3.32. The highest BCUT2D eigenvalue weighted by molar-refractivity contribution is 9.10. The molecule has 0 unspecified atom stereocenters. The Balaban J connectivity index is 2.63. The molecule has 0 saturated heterocycles. The van der Waals surface area contributed by atoms with Crippen molar-refractivity contribution in [3.8, 4) is 5.75 Å². The Kier molecular flexibility index (Phi) is 5.79. The van der Waals surface area contributed by atoms with E-state index in [1.165, 1.54) is 0 Å². The zero-order valence-corrected chi connectivity index (χ0v) is 11.1. The molecule has 0 atom stereocenters. The van der Waals surface area contributed by atoms with Crippen molar-refractivity contribution in [2.45, 2.75) is 6.42 Å². The Morgan fingerprint density at radius 2 is 2.24 bits per heavy atom. The fourth-order valence-electron chi connectivity index (χ4n) is 1.24. The van der Waals surface area contributed by atoms with Gasteiger partial charge in [-0.25, -0.2) is 0 Å². The third-order valence-electron chi connectivity index (χ3n) is 2.09. The van der Waals surface area contributed by atoms with Crippen molar-refractivity contribution < 1.29 is 14.7 Å². The Labute approximate surface area is 108 Å². The van der Waals surface area contributed by atoms with Crippen molar-refractivity contribution >= 4 is 21.8 Å². The molecule has 1 aromatic rings. The van der Waals surface area contributed by atoms with Crippen LogP contribution in [0.5, 0.6) is 5.75 Å². The second-order valence-corrected chi connectivity index (χ2v) is 4.18. The molecule has 0 heterocycles. The molecule has 0 fully saturated rings. The first kappa shape index (κ1) is 13.8. The molecule has 0 aliphatic heterocycles. The number of hydrogen-bond donors (Lipinski definition) is 2. The molecule has 1 aromatic carbocycles. The van der Waals surface area contributed by atoms with Crippen LogP contribution in [0.25, 0.3) is 0 Å². The predicted molar refractivity (Wildman–Crippen MR) is 68.6 cm³/mol. The first-order valence-electron chi connectivity index (χ1n) is 5.08. The van der Waals surface area contributed by atoms with Gasteiger partial charge in [-0.3, -0.25) is 0 Å². The van der Waals surface area contributed by atoms with Gasteiger partial charge in [0.05, 0.1) is 6.61 Å². The molecule has 0 spiro atoms. The van der Waals surface area contributed by atoms with Crippen molar-refractivity contribution in [3.63, 3.8) is 0 Å². The van der Waals surface area contributed by atoms with Gasteiger partial charge in [-0.05, 0) is 34.1 Å². The molecule has 0 aliphatic carbocycles. The Hall–Kier alpha value is -1.27. The maximum absolute atomic E-state index is 8.58. The summed E-state index contributed by atoms with van der Waals surface area (Å²) in [6.07, 6.45) is 0.829. The van der Waals surface area contributed by atoms with Crippen LogP contribution >= 0.6 is 15.9 Å². The van der Waals surface area contributed by atoms with E-state index in [1.54, 1.807) is 25.3 Å². The second kappa shape index (κ2) is 7.13. The number of ether oxygens (including phenoxy) is 2. The molecule has 0 saturated carbocycles. The van der Waals surface area contributed by atoms with E-state index in [0.717, 1.165) is 16.6 Å². The first-order chi connectivity index (χ1) is 8.19. The molecule has 0 radical (unpaired) electrons. The van der Waals surface area contributed by atoms with Crippen molar-refractivity contribution in [3.05, 3.63) is 28.2 Å². The molecule has 6 heteroatoms. The summed E-state index contributed by atoms with van der Waals surface area (Å²) in [5.41, 5.74) is 6.12. The van der Waals surface area contributed by atoms with Gasteiger partial charge in [0.25, 0.3) is 0 Å². The topological polar surface area (TPSA) is 77.1 Å². The van der Waals surface area contributed by atoms with E-state index in [9.17, 15) is 0 Å². The molecule has 5 nitrogen and oxygen atoms in total. The molecule has 0 bridgehead atoms. The van der Waals surface area contributed by atoms with E-state index in [4.69, 9.17) is 20.4 Å². The summed E-state index contributed by atoms with van der Waals surface area (Å²) in [6.45, 7) is 1.26. The molecule has 94 valence electrons. The predicted octanol–water partition coefficient (Wildman–Crippen LogP) is 1.96. The number of nitrogens with two attached hydrogens (primary N) is 1. The summed E-state index contributed by atoms with van der Waals surface area (Å²) >= 11 is 3.33. The number of amidine groups is 1. The highest BCUT2D eigenvalue weighted by atomic mass is 79.9. The van der Waals surface area contributed by atoms with Gasteiger partial charge in [0, 0.05) is 30.2 Å². The van der Waals surface area contributed by atoms with Crippen LogP contribution in [0.2, 0.25) is 0 Å². The van der Waals surface area contributed by atoms with Crippen LogP contribution in [0.1, 0.15) is 12.0 Å². The number of nitrogens with zero attached hydrogens (tertiary/aromatic N) is 1. The third-order valence-corrected chi connectivity index (χ3v) is 2.74. The molecular weight excluding hydrogens is 288 g/mol. The maximum Gasteiger partial charge on any atom is 0.171 e. The lowest BCUT2D eigenvalue weighted by atomic mass is 10.2. The maximum atomic E-state index is 8.58. The number of halogens is 1. The summed E-state index contributed by atoms with van der Waals surface area (Å²) in [5.74, 6) is 0.783. The van der Waals surface area contributed by atoms with Gasteiger partial charge in [-0.1, -0.05) is 5.16 Å².